The van der Waals surface area contributed by atoms with Crippen molar-refractivity contribution in [2.24, 2.45) is 0 Å². The fraction of sp³-hybridized carbons (Fsp3) is 0.312. The van der Waals surface area contributed by atoms with Crippen LogP contribution in [0.1, 0.15) is 24.5 Å². The van der Waals surface area contributed by atoms with Crippen molar-refractivity contribution in [1.29, 1.82) is 0 Å². The molecule has 2 rings (SSSR count). The fourth-order valence-corrected chi connectivity index (χ4v) is 2.30. The number of nitrogens with zero attached hydrogens (tertiary/aromatic N) is 1. The molecule has 1 aromatic carbocycles. The van der Waals surface area contributed by atoms with Crippen LogP contribution >= 0.6 is 11.6 Å². The van der Waals surface area contributed by atoms with Crippen molar-refractivity contribution in [1.82, 2.24) is 10.3 Å². The molecule has 2 aromatic rings. The normalized spacial score (nSPS) is 12.1. The van der Waals surface area contributed by atoms with E-state index in [0.717, 1.165) is 29.4 Å². The zero-order valence-corrected chi connectivity index (χ0v) is 12.4. The molecule has 0 unspecified atom stereocenters. The number of aromatic nitrogens is 1. The minimum Gasteiger partial charge on any atom is -0.316 e. The summed E-state index contributed by atoms with van der Waals surface area (Å²) in [6.07, 6.45) is 3.13. The first-order chi connectivity index (χ1) is 9.13. The summed E-state index contributed by atoms with van der Waals surface area (Å²) in [5.41, 5.74) is 4.46. The highest BCUT2D eigenvalue weighted by Gasteiger charge is 2.04. The van der Waals surface area contributed by atoms with Gasteiger partial charge in [-0.05, 0) is 38.1 Å². The minimum absolute atomic E-state index is 0.570. The second-order valence-electron chi connectivity index (χ2n) is 4.75. The highest BCUT2D eigenvalue weighted by atomic mass is 35.5. The summed E-state index contributed by atoms with van der Waals surface area (Å²) in [4.78, 5) is 4.48. The molecule has 0 aliphatic heterocycles. The minimum atomic E-state index is 0.570. The Morgan fingerprint density at radius 3 is 2.84 bits per heavy atom. The first kappa shape index (κ1) is 14.0. The van der Waals surface area contributed by atoms with Gasteiger partial charge in [-0.3, -0.25) is 0 Å². The average molecular weight is 275 g/mol. The summed E-state index contributed by atoms with van der Waals surface area (Å²) in [6, 6.07) is 8.35. The number of hydrogen-bond donors (Lipinski definition) is 1. The Balaban J connectivity index is 2.49. The van der Waals surface area contributed by atoms with Crippen LogP contribution in [-0.4, -0.2) is 18.6 Å². The molecule has 0 saturated carbocycles. The maximum atomic E-state index is 6.28. The highest BCUT2D eigenvalue weighted by Crippen LogP contribution is 2.23. The summed E-state index contributed by atoms with van der Waals surface area (Å²) in [5.74, 6) is 0. The smallest absolute Gasteiger partial charge is 0.136 e. The van der Waals surface area contributed by atoms with Gasteiger partial charge in [0.15, 0.2) is 0 Å². The highest BCUT2D eigenvalue weighted by molar-refractivity contribution is 6.31. The molecule has 0 aliphatic carbocycles. The summed E-state index contributed by atoms with van der Waals surface area (Å²) in [6.45, 7) is 5.08. The second kappa shape index (κ2) is 6.18. The van der Waals surface area contributed by atoms with Gasteiger partial charge in [0.05, 0.1) is 5.52 Å². The fourth-order valence-electron chi connectivity index (χ4n) is 2.10. The zero-order chi connectivity index (χ0) is 13.8. The van der Waals surface area contributed by atoms with E-state index in [9.17, 15) is 0 Å². The predicted molar refractivity (Wildman–Crippen MR) is 83.7 cm³/mol. The van der Waals surface area contributed by atoms with Crippen molar-refractivity contribution in [2.45, 2.75) is 20.3 Å². The lowest BCUT2D eigenvalue weighted by molar-refractivity contribution is 0.851. The van der Waals surface area contributed by atoms with E-state index < -0.39 is 0 Å². The number of likely N-dealkylation sites (N-methyl/N-ethyl adjacent to an activating group) is 1. The molecule has 0 amide bonds. The number of benzene rings is 1. The number of pyridine rings is 1. The second-order valence-corrected chi connectivity index (χ2v) is 5.11. The van der Waals surface area contributed by atoms with Crippen molar-refractivity contribution in [3.05, 3.63) is 46.1 Å². The third kappa shape index (κ3) is 3.34. The van der Waals surface area contributed by atoms with Crippen molar-refractivity contribution in [3.8, 4) is 0 Å². The Morgan fingerprint density at radius 2 is 2.16 bits per heavy atom. The predicted octanol–water partition coefficient (Wildman–Crippen LogP) is 4.21. The molecule has 0 aliphatic rings. The Bertz CT molecular complexity index is 617. The van der Waals surface area contributed by atoms with Crippen LogP contribution in [-0.2, 0) is 0 Å². The van der Waals surface area contributed by atoms with E-state index in [0.29, 0.717) is 5.15 Å². The van der Waals surface area contributed by atoms with Crippen LogP contribution in [0.25, 0.3) is 17.0 Å². The molecule has 19 heavy (non-hydrogen) atoms. The molecular weight excluding hydrogens is 256 g/mol. The Morgan fingerprint density at radius 1 is 1.37 bits per heavy atom. The van der Waals surface area contributed by atoms with Gasteiger partial charge < -0.3 is 5.32 Å². The molecule has 1 heterocycles. The van der Waals surface area contributed by atoms with Crippen LogP contribution in [0.5, 0.6) is 0 Å². The monoisotopic (exact) mass is 274 g/mol. The van der Waals surface area contributed by atoms with Crippen molar-refractivity contribution in [2.75, 3.05) is 13.6 Å². The van der Waals surface area contributed by atoms with Gasteiger partial charge in [0.1, 0.15) is 5.15 Å². The zero-order valence-electron chi connectivity index (χ0n) is 11.6. The topological polar surface area (TPSA) is 24.9 Å². The van der Waals surface area contributed by atoms with Gasteiger partial charge in [-0.25, -0.2) is 4.98 Å². The molecule has 1 N–H and O–H groups in total. The summed E-state index contributed by atoms with van der Waals surface area (Å²) < 4.78 is 0. The summed E-state index contributed by atoms with van der Waals surface area (Å²) >= 11 is 6.28. The van der Waals surface area contributed by atoms with Crippen molar-refractivity contribution < 1.29 is 0 Å². The van der Waals surface area contributed by atoms with Gasteiger partial charge >= 0.3 is 0 Å². The maximum Gasteiger partial charge on any atom is 0.136 e. The number of aryl methyl sites for hydroxylation is 1. The largest absolute Gasteiger partial charge is 0.316 e. The number of halogens is 1. The van der Waals surface area contributed by atoms with Crippen LogP contribution in [0, 0.1) is 6.92 Å². The first-order valence-electron chi connectivity index (χ1n) is 6.55. The average Bonchev–Trinajstić information content (AvgIpc) is 2.39. The molecule has 0 bridgehead atoms. The summed E-state index contributed by atoms with van der Waals surface area (Å²) in [7, 11) is 1.95. The molecule has 1 aromatic heterocycles. The van der Waals surface area contributed by atoms with Gasteiger partial charge in [-0.1, -0.05) is 42.3 Å². The number of fused-ring (bicyclic) bond motifs is 1. The standard InChI is InChI=1S/C16H19ClN2/c1-4-12(10-18-3)8-14-9-13-6-5-11(2)7-15(13)19-16(14)17/h5-9,18H,4,10H2,1-3H3. The van der Waals surface area contributed by atoms with Gasteiger partial charge in [0.25, 0.3) is 0 Å². The van der Waals surface area contributed by atoms with Crippen molar-refractivity contribution in [3.63, 3.8) is 0 Å². The number of nitrogens with one attached hydrogen (secondary N) is 1. The quantitative estimate of drug-likeness (QED) is 0.845. The Hall–Kier alpha value is -1.38. The molecule has 3 heteroatoms. The van der Waals surface area contributed by atoms with Crippen LogP contribution in [0.15, 0.2) is 29.8 Å². The van der Waals surface area contributed by atoms with E-state index >= 15 is 0 Å². The van der Waals surface area contributed by atoms with Crippen LogP contribution in [0.2, 0.25) is 5.15 Å². The lowest BCUT2D eigenvalue weighted by atomic mass is 10.1. The van der Waals surface area contributed by atoms with Crippen molar-refractivity contribution >= 4 is 28.6 Å². The molecular formula is C16H19ClN2. The lowest BCUT2D eigenvalue weighted by Crippen LogP contribution is -2.09. The Kier molecular flexibility index (Phi) is 4.56. The molecule has 2 nitrogen and oxygen atoms in total. The van der Waals surface area contributed by atoms with E-state index in [-0.39, 0.29) is 0 Å². The molecule has 0 fully saturated rings. The van der Waals surface area contributed by atoms with Gasteiger partial charge in [0.2, 0.25) is 0 Å². The maximum absolute atomic E-state index is 6.28. The summed E-state index contributed by atoms with van der Waals surface area (Å²) in [5, 5.41) is 4.87. The van der Waals surface area contributed by atoms with E-state index in [4.69, 9.17) is 11.6 Å². The van der Waals surface area contributed by atoms with E-state index in [1.54, 1.807) is 0 Å². The number of hydrogen-bond acceptors (Lipinski definition) is 2. The third-order valence-electron chi connectivity index (χ3n) is 3.17. The SMILES string of the molecule is CCC(=Cc1cc2ccc(C)cc2nc1Cl)CNC. The molecule has 0 spiro atoms. The molecule has 0 atom stereocenters. The van der Waals surface area contributed by atoms with Gasteiger partial charge in [0, 0.05) is 17.5 Å². The van der Waals surface area contributed by atoms with E-state index in [1.807, 2.05) is 7.05 Å². The lowest BCUT2D eigenvalue weighted by Gasteiger charge is -2.07. The van der Waals surface area contributed by atoms with E-state index in [2.05, 4.69) is 54.5 Å². The van der Waals surface area contributed by atoms with Gasteiger partial charge in [-0.2, -0.15) is 0 Å². The number of rotatable bonds is 4. The van der Waals surface area contributed by atoms with Gasteiger partial charge in [-0.15, -0.1) is 0 Å². The van der Waals surface area contributed by atoms with Crippen LogP contribution in [0.3, 0.4) is 0 Å². The van der Waals surface area contributed by atoms with E-state index in [1.165, 1.54) is 11.1 Å². The third-order valence-corrected chi connectivity index (χ3v) is 3.47. The molecule has 0 radical (unpaired) electrons. The molecule has 100 valence electrons. The van der Waals surface area contributed by atoms with Crippen LogP contribution < -0.4 is 5.32 Å². The molecule has 0 saturated heterocycles. The van der Waals surface area contributed by atoms with Crippen LogP contribution in [0.4, 0.5) is 0 Å². The first-order valence-corrected chi connectivity index (χ1v) is 6.92. The Labute approximate surface area is 119 Å².